The van der Waals surface area contributed by atoms with Crippen LogP contribution < -0.4 is 0 Å². The number of nitro groups is 1. The summed E-state index contributed by atoms with van der Waals surface area (Å²) in [6.45, 7) is 0. The van der Waals surface area contributed by atoms with Crippen molar-refractivity contribution >= 4 is 28.2 Å². The van der Waals surface area contributed by atoms with E-state index in [9.17, 15) is 10.1 Å². The van der Waals surface area contributed by atoms with Crippen LogP contribution >= 0.6 is 11.6 Å². The Hall–Kier alpha value is -1.68. The Bertz CT molecular complexity index is 513. The molecule has 0 N–H and O–H groups in total. The highest BCUT2D eigenvalue weighted by Gasteiger charge is 2.06. The van der Waals surface area contributed by atoms with Crippen molar-refractivity contribution in [3.8, 4) is 0 Å². The first-order valence-corrected chi connectivity index (χ1v) is 4.24. The van der Waals surface area contributed by atoms with E-state index in [-0.39, 0.29) is 5.69 Å². The molecule has 14 heavy (non-hydrogen) atoms. The summed E-state index contributed by atoms with van der Waals surface area (Å²) in [4.78, 5) is 13.9. The zero-order valence-electron chi connectivity index (χ0n) is 6.98. The van der Waals surface area contributed by atoms with E-state index in [0.717, 1.165) is 0 Å². The summed E-state index contributed by atoms with van der Waals surface area (Å²) in [5.74, 6) is 0. The monoisotopic (exact) mass is 208 g/mol. The molecule has 0 saturated heterocycles. The lowest BCUT2D eigenvalue weighted by atomic mass is 10.2. The van der Waals surface area contributed by atoms with Gasteiger partial charge in [-0.05, 0) is 12.1 Å². The van der Waals surface area contributed by atoms with Crippen LogP contribution in [0.15, 0.2) is 30.5 Å². The Morgan fingerprint density at radius 2 is 2.14 bits per heavy atom. The van der Waals surface area contributed by atoms with E-state index in [2.05, 4.69) is 4.98 Å². The lowest BCUT2D eigenvalue weighted by Crippen LogP contribution is -1.89. The SMILES string of the molecule is O=[N+]([O-])c1cnc2cc(Cl)ccc2c1. The van der Waals surface area contributed by atoms with E-state index in [0.29, 0.717) is 15.9 Å². The maximum atomic E-state index is 10.5. The first-order chi connectivity index (χ1) is 6.66. The third-order valence-corrected chi connectivity index (χ3v) is 2.08. The average molecular weight is 209 g/mol. The van der Waals surface area contributed by atoms with Gasteiger partial charge in [0.1, 0.15) is 6.20 Å². The molecule has 0 aliphatic heterocycles. The Morgan fingerprint density at radius 3 is 2.86 bits per heavy atom. The molecule has 0 saturated carbocycles. The van der Waals surface area contributed by atoms with Gasteiger partial charge in [-0.2, -0.15) is 0 Å². The van der Waals surface area contributed by atoms with Crippen molar-refractivity contribution in [3.05, 3.63) is 45.6 Å². The van der Waals surface area contributed by atoms with E-state index in [1.807, 2.05) is 0 Å². The van der Waals surface area contributed by atoms with Gasteiger partial charge in [0.15, 0.2) is 0 Å². The summed E-state index contributed by atoms with van der Waals surface area (Å²) in [5, 5.41) is 11.7. The van der Waals surface area contributed by atoms with Gasteiger partial charge in [0.05, 0.1) is 10.4 Å². The predicted molar refractivity (Wildman–Crippen MR) is 53.4 cm³/mol. The van der Waals surface area contributed by atoms with Crippen molar-refractivity contribution in [1.29, 1.82) is 0 Å². The van der Waals surface area contributed by atoms with Crippen LogP contribution in [-0.2, 0) is 0 Å². The summed E-state index contributed by atoms with van der Waals surface area (Å²) < 4.78 is 0. The summed E-state index contributed by atoms with van der Waals surface area (Å²) in [6.07, 6.45) is 1.22. The first kappa shape index (κ1) is 8.90. The van der Waals surface area contributed by atoms with Gasteiger partial charge in [0.25, 0.3) is 5.69 Å². The minimum atomic E-state index is -0.471. The summed E-state index contributed by atoms with van der Waals surface area (Å²) in [5.41, 5.74) is 0.642. The molecule has 4 nitrogen and oxygen atoms in total. The number of aromatic nitrogens is 1. The van der Waals surface area contributed by atoms with Crippen LogP contribution in [0.2, 0.25) is 5.02 Å². The molecule has 0 fully saturated rings. The number of rotatable bonds is 1. The number of hydrogen-bond acceptors (Lipinski definition) is 3. The normalized spacial score (nSPS) is 10.4. The van der Waals surface area contributed by atoms with Crippen molar-refractivity contribution in [2.24, 2.45) is 0 Å². The van der Waals surface area contributed by atoms with E-state index < -0.39 is 4.92 Å². The molecule has 0 aliphatic carbocycles. The first-order valence-electron chi connectivity index (χ1n) is 3.86. The summed E-state index contributed by atoms with van der Waals surface area (Å²) >= 11 is 5.75. The highest BCUT2D eigenvalue weighted by Crippen LogP contribution is 2.21. The highest BCUT2D eigenvalue weighted by molar-refractivity contribution is 6.31. The summed E-state index contributed by atoms with van der Waals surface area (Å²) in [6, 6.07) is 6.52. The smallest absolute Gasteiger partial charge is 0.258 e. The lowest BCUT2D eigenvalue weighted by molar-refractivity contribution is -0.385. The Balaban J connectivity index is 2.67. The molecule has 2 rings (SSSR count). The molecule has 1 aromatic carbocycles. The fourth-order valence-electron chi connectivity index (χ4n) is 1.18. The molecule has 0 bridgehead atoms. The average Bonchev–Trinajstić information content (AvgIpc) is 2.16. The number of benzene rings is 1. The van der Waals surface area contributed by atoms with E-state index >= 15 is 0 Å². The molecule has 2 aromatic rings. The maximum absolute atomic E-state index is 10.5. The molecular weight excluding hydrogens is 204 g/mol. The van der Waals surface area contributed by atoms with Crippen LogP contribution in [0.4, 0.5) is 5.69 Å². The topological polar surface area (TPSA) is 56.0 Å². The zero-order valence-corrected chi connectivity index (χ0v) is 7.73. The zero-order chi connectivity index (χ0) is 10.1. The van der Waals surface area contributed by atoms with Crippen LogP contribution in [0, 0.1) is 10.1 Å². The van der Waals surface area contributed by atoms with E-state index in [4.69, 9.17) is 11.6 Å². The summed E-state index contributed by atoms with van der Waals surface area (Å²) in [7, 11) is 0. The highest BCUT2D eigenvalue weighted by atomic mass is 35.5. The van der Waals surface area contributed by atoms with Gasteiger partial charge in [0, 0.05) is 16.5 Å². The molecule has 1 heterocycles. The van der Waals surface area contributed by atoms with Crippen LogP contribution in [0.25, 0.3) is 10.9 Å². The van der Waals surface area contributed by atoms with Gasteiger partial charge < -0.3 is 0 Å². The van der Waals surface area contributed by atoms with Crippen molar-refractivity contribution in [3.63, 3.8) is 0 Å². The Morgan fingerprint density at radius 1 is 1.36 bits per heavy atom. The van der Waals surface area contributed by atoms with E-state index in [1.54, 1.807) is 18.2 Å². The molecule has 0 radical (unpaired) electrons. The number of fused-ring (bicyclic) bond motifs is 1. The molecule has 5 heteroatoms. The van der Waals surface area contributed by atoms with Crippen LogP contribution in [0.1, 0.15) is 0 Å². The van der Waals surface area contributed by atoms with Crippen LogP contribution in [0.3, 0.4) is 0 Å². The maximum Gasteiger partial charge on any atom is 0.288 e. The van der Waals surface area contributed by atoms with Gasteiger partial charge in [-0.3, -0.25) is 10.1 Å². The van der Waals surface area contributed by atoms with Crippen molar-refractivity contribution in [2.45, 2.75) is 0 Å². The van der Waals surface area contributed by atoms with Crippen LogP contribution in [0.5, 0.6) is 0 Å². The largest absolute Gasteiger partial charge is 0.288 e. The second-order valence-electron chi connectivity index (χ2n) is 2.79. The quantitative estimate of drug-likeness (QED) is 0.535. The van der Waals surface area contributed by atoms with Crippen molar-refractivity contribution < 1.29 is 4.92 Å². The fraction of sp³-hybridized carbons (Fsp3) is 0. The van der Waals surface area contributed by atoms with Gasteiger partial charge >= 0.3 is 0 Å². The molecule has 0 atom stereocenters. The number of nitrogens with zero attached hydrogens (tertiary/aromatic N) is 2. The molecule has 0 aliphatic rings. The van der Waals surface area contributed by atoms with E-state index in [1.165, 1.54) is 12.3 Å². The molecule has 0 spiro atoms. The minimum absolute atomic E-state index is 0.0141. The predicted octanol–water partition coefficient (Wildman–Crippen LogP) is 2.80. The fourth-order valence-corrected chi connectivity index (χ4v) is 1.35. The van der Waals surface area contributed by atoms with Crippen LogP contribution in [-0.4, -0.2) is 9.91 Å². The van der Waals surface area contributed by atoms with Gasteiger partial charge in [-0.25, -0.2) is 4.98 Å². The van der Waals surface area contributed by atoms with Gasteiger partial charge in [-0.1, -0.05) is 17.7 Å². The molecule has 0 unspecified atom stereocenters. The number of halogens is 1. The molecule has 70 valence electrons. The number of pyridine rings is 1. The Labute approximate surface area is 84.3 Å². The van der Waals surface area contributed by atoms with Crippen molar-refractivity contribution in [2.75, 3.05) is 0 Å². The van der Waals surface area contributed by atoms with Gasteiger partial charge in [0.2, 0.25) is 0 Å². The second kappa shape index (κ2) is 3.23. The standard InChI is InChI=1S/C9H5ClN2O2/c10-7-2-1-6-3-8(12(13)14)5-11-9(6)4-7/h1-5H. The second-order valence-corrected chi connectivity index (χ2v) is 3.22. The Kier molecular flexibility index (Phi) is 2.05. The lowest BCUT2D eigenvalue weighted by Gasteiger charge is -1.96. The minimum Gasteiger partial charge on any atom is -0.258 e. The molecule has 1 aromatic heterocycles. The van der Waals surface area contributed by atoms with Crippen molar-refractivity contribution in [1.82, 2.24) is 4.98 Å². The number of hydrogen-bond donors (Lipinski definition) is 0. The third kappa shape index (κ3) is 1.52. The van der Waals surface area contributed by atoms with Gasteiger partial charge in [-0.15, -0.1) is 0 Å². The molecule has 0 amide bonds. The third-order valence-electron chi connectivity index (χ3n) is 1.84. The molecular formula is C9H5ClN2O2.